The first kappa shape index (κ1) is 16.3. The lowest BCUT2D eigenvalue weighted by Crippen LogP contribution is -2.43. The number of rotatable bonds is 7. The minimum Gasteiger partial charge on any atom is -0.480 e. The Morgan fingerprint density at radius 2 is 1.81 bits per heavy atom. The van der Waals surface area contributed by atoms with Crippen LogP contribution in [0.2, 0.25) is 0 Å². The number of carboxylic acid groups (broad SMARTS) is 1. The van der Waals surface area contributed by atoms with Crippen molar-refractivity contribution >= 4 is 17.8 Å². The van der Waals surface area contributed by atoms with Gasteiger partial charge in [0.05, 0.1) is 6.42 Å². The van der Waals surface area contributed by atoms with Gasteiger partial charge in [-0.15, -0.1) is 0 Å². The molecule has 0 aliphatic carbocycles. The molecule has 21 heavy (non-hydrogen) atoms. The maximum atomic E-state index is 12.0. The highest BCUT2D eigenvalue weighted by Crippen LogP contribution is 2.15. The van der Waals surface area contributed by atoms with Gasteiger partial charge in [0.25, 0.3) is 5.91 Å². The van der Waals surface area contributed by atoms with Crippen LogP contribution in [-0.2, 0) is 9.59 Å². The van der Waals surface area contributed by atoms with E-state index in [1.54, 1.807) is 0 Å². The number of benzene rings is 1. The first-order chi connectivity index (χ1) is 9.79. The van der Waals surface area contributed by atoms with Crippen molar-refractivity contribution in [3.63, 3.8) is 0 Å². The van der Waals surface area contributed by atoms with E-state index < -0.39 is 36.9 Å². The number of carboxylic acids is 1. The standard InChI is InChI=1S/C12H12F2N2O5/c13-12(14)21-7-3-1-6(2-4-7)10(18)16-8(11(19)20)5-9(15)17/h1-4,8,12H,5H2,(H2,15,17)(H,16,18)(H,19,20)/t8-/m1/s1. The Bertz CT molecular complexity index is 533. The van der Waals surface area contributed by atoms with Crippen molar-refractivity contribution in [3.05, 3.63) is 29.8 Å². The molecular weight excluding hydrogens is 290 g/mol. The maximum absolute atomic E-state index is 12.0. The molecule has 0 radical (unpaired) electrons. The van der Waals surface area contributed by atoms with E-state index in [9.17, 15) is 23.2 Å². The number of nitrogens with one attached hydrogen (secondary N) is 1. The fraction of sp³-hybridized carbons (Fsp3) is 0.250. The van der Waals surface area contributed by atoms with Crippen molar-refractivity contribution in [2.45, 2.75) is 19.1 Å². The molecule has 0 aliphatic rings. The van der Waals surface area contributed by atoms with Gasteiger partial charge in [-0.2, -0.15) is 8.78 Å². The second kappa shape index (κ2) is 7.17. The molecule has 1 aromatic rings. The number of alkyl halides is 2. The van der Waals surface area contributed by atoms with E-state index in [1.807, 2.05) is 0 Å². The predicted octanol–water partition coefficient (Wildman–Crippen LogP) is 0.346. The van der Waals surface area contributed by atoms with E-state index in [0.717, 1.165) is 12.1 Å². The second-order valence-corrected chi connectivity index (χ2v) is 3.94. The van der Waals surface area contributed by atoms with Crippen molar-refractivity contribution in [1.82, 2.24) is 5.32 Å². The summed E-state index contributed by atoms with van der Waals surface area (Å²) >= 11 is 0. The predicted molar refractivity (Wildman–Crippen MR) is 65.8 cm³/mol. The lowest BCUT2D eigenvalue weighted by atomic mass is 10.1. The first-order valence-corrected chi connectivity index (χ1v) is 5.66. The van der Waals surface area contributed by atoms with Gasteiger partial charge in [-0.1, -0.05) is 0 Å². The van der Waals surface area contributed by atoms with Gasteiger partial charge < -0.3 is 20.9 Å². The molecule has 0 bridgehead atoms. The summed E-state index contributed by atoms with van der Waals surface area (Å²) in [7, 11) is 0. The normalized spacial score (nSPS) is 11.8. The summed E-state index contributed by atoms with van der Waals surface area (Å²) in [5.74, 6) is -3.23. The minimum atomic E-state index is -2.99. The van der Waals surface area contributed by atoms with Gasteiger partial charge in [0.1, 0.15) is 11.8 Å². The molecule has 9 heteroatoms. The molecule has 1 rings (SSSR count). The van der Waals surface area contributed by atoms with E-state index >= 15 is 0 Å². The quantitative estimate of drug-likeness (QED) is 0.671. The number of carbonyl (C=O) groups excluding carboxylic acids is 2. The fourth-order valence-corrected chi connectivity index (χ4v) is 1.43. The molecule has 7 nitrogen and oxygen atoms in total. The number of halogens is 2. The van der Waals surface area contributed by atoms with Crippen LogP contribution < -0.4 is 15.8 Å². The fourth-order valence-electron chi connectivity index (χ4n) is 1.43. The highest BCUT2D eigenvalue weighted by Gasteiger charge is 2.22. The molecule has 0 aliphatic heterocycles. The minimum absolute atomic E-state index is 0.0207. The SMILES string of the molecule is NC(=O)C[C@@H](NC(=O)c1ccc(OC(F)F)cc1)C(=O)O. The van der Waals surface area contributed by atoms with Gasteiger partial charge in [0.15, 0.2) is 0 Å². The first-order valence-electron chi connectivity index (χ1n) is 5.66. The summed E-state index contributed by atoms with van der Waals surface area (Å²) in [6, 6.07) is 3.15. The van der Waals surface area contributed by atoms with E-state index in [0.29, 0.717) is 0 Å². The van der Waals surface area contributed by atoms with Crippen molar-refractivity contribution in [2.75, 3.05) is 0 Å². The maximum Gasteiger partial charge on any atom is 0.387 e. The number of amides is 2. The largest absolute Gasteiger partial charge is 0.480 e. The second-order valence-electron chi connectivity index (χ2n) is 3.94. The van der Waals surface area contributed by atoms with Gasteiger partial charge in [0.2, 0.25) is 5.91 Å². The molecule has 0 spiro atoms. The Kier molecular flexibility index (Phi) is 5.58. The molecule has 0 heterocycles. The Labute approximate surface area is 117 Å². The van der Waals surface area contributed by atoms with E-state index in [-0.39, 0.29) is 11.3 Å². The van der Waals surface area contributed by atoms with E-state index in [2.05, 4.69) is 10.1 Å². The van der Waals surface area contributed by atoms with Crippen LogP contribution in [0.15, 0.2) is 24.3 Å². The average Bonchev–Trinajstić information content (AvgIpc) is 2.37. The van der Waals surface area contributed by atoms with Crippen molar-refractivity contribution < 1.29 is 33.0 Å². The van der Waals surface area contributed by atoms with Crippen LogP contribution in [0.1, 0.15) is 16.8 Å². The molecule has 0 saturated heterocycles. The van der Waals surface area contributed by atoms with Crippen LogP contribution in [0.4, 0.5) is 8.78 Å². The average molecular weight is 302 g/mol. The Balaban J connectivity index is 2.73. The van der Waals surface area contributed by atoms with Gasteiger partial charge in [-0.05, 0) is 24.3 Å². The molecule has 4 N–H and O–H groups in total. The molecule has 0 aromatic heterocycles. The number of hydrogen-bond donors (Lipinski definition) is 3. The Morgan fingerprint density at radius 3 is 2.24 bits per heavy atom. The van der Waals surface area contributed by atoms with Gasteiger partial charge in [-0.25, -0.2) is 4.79 Å². The number of ether oxygens (including phenoxy) is 1. The highest BCUT2D eigenvalue weighted by molar-refractivity contribution is 5.97. The summed E-state index contributed by atoms with van der Waals surface area (Å²) in [5.41, 5.74) is 4.89. The third-order valence-electron chi connectivity index (χ3n) is 2.35. The van der Waals surface area contributed by atoms with Crippen molar-refractivity contribution in [1.29, 1.82) is 0 Å². The zero-order chi connectivity index (χ0) is 16.0. The number of carbonyl (C=O) groups is 3. The van der Waals surface area contributed by atoms with Crippen LogP contribution in [0.25, 0.3) is 0 Å². The van der Waals surface area contributed by atoms with Gasteiger partial charge in [0, 0.05) is 5.56 Å². The third-order valence-corrected chi connectivity index (χ3v) is 2.35. The van der Waals surface area contributed by atoms with Crippen LogP contribution in [0, 0.1) is 0 Å². The Morgan fingerprint density at radius 1 is 1.24 bits per heavy atom. The molecule has 1 atom stereocenters. The van der Waals surface area contributed by atoms with Crippen LogP contribution in [0.3, 0.4) is 0 Å². The third kappa shape index (κ3) is 5.43. The zero-order valence-corrected chi connectivity index (χ0v) is 10.6. The molecule has 1 aromatic carbocycles. The number of nitrogens with two attached hydrogens (primary N) is 1. The lowest BCUT2D eigenvalue weighted by molar-refractivity contribution is -0.140. The number of hydrogen-bond acceptors (Lipinski definition) is 4. The monoisotopic (exact) mass is 302 g/mol. The number of primary amides is 1. The Hall–Kier alpha value is -2.71. The molecular formula is C12H12F2N2O5. The highest BCUT2D eigenvalue weighted by atomic mass is 19.3. The smallest absolute Gasteiger partial charge is 0.387 e. The summed E-state index contributed by atoms with van der Waals surface area (Å²) in [6.45, 7) is -2.99. The topological polar surface area (TPSA) is 119 Å². The molecule has 2 amide bonds. The number of aliphatic carboxylic acids is 1. The molecule has 0 fully saturated rings. The summed E-state index contributed by atoms with van der Waals surface area (Å²) in [6.07, 6.45) is -0.562. The van der Waals surface area contributed by atoms with Crippen LogP contribution in [0.5, 0.6) is 5.75 Å². The van der Waals surface area contributed by atoms with Crippen LogP contribution >= 0.6 is 0 Å². The van der Waals surface area contributed by atoms with Gasteiger partial charge in [-0.3, -0.25) is 9.59 Å². The van der Waals surface area contributed by atoms with Gasteiger partial charge >= 0.3 is 12.6 Å². The van der Waals surface area contributed by atoms with E-state index in [1.165, 1.54) is 12.1 Å². The van der Waals surface area contributed by atoms with E-state index in [4.69, 9.17) is 10.8 Å². The van der Waals surface area contributed by atoms with Crippen molar-refractivity contribution in [2.24, 2.45) is 5.73 Å². The molecule has 0 saturated carbocycles. The lowest BCUT2D eigenvalue weighted by Gasteiger charge is -2.13. The summed E-state index contributed by atoms with van der Waals surface area (Å²) in [4.78, 5) is 33.3. The summed E-state index contributed by atoms with van der Waals surface area (Å²) < 4.78 is 28.0. The summed E-state index contributed by atoms with van der Waals surface area (Å²) in [5, 5.41) is 10.9. The zero-order valence-electron chi connectivity index (χ0n) is 10.6. The molecule has 114 valence electrons. The van der Waals surface area contributed by atoms with Crippen molar-refractivity contribution in [3.8, 4) is 5.75 Å². The molecule has 0 unspecified atom stereocenters. The van der Waals surface area contributed by atoms with Crippen LogP contribution in [-0.4, -0.2) is 35.5 Å².